The van der Waals surface area contributed by atoms with E-state index in [9.17, 15) is 5.11 Å². The molecule has 0 saturated heterocycles. The van der Waals surface area contributed by atoms with Crippen LogP contribution in [0, 0.1) is 0 Å². The maximum Gasteiger partial charge on any atom is 0.223 e. The molecule has 1 aromatic carbocycles. The first-order valence-corrected chi connectivity index (χ1v) is 5.64. The molecule has 1 N–H and O–H groups in total. The number of nitrogens with zero attached hydrogens (tertiary/aromatic N) is 1. The number of hydrogen-bond donors (Lipinski definition) is 1. The van der Waals surface area contributed by atoms with E-state index in [0.29, 0.717) is 5.89 Å². The van der Waals surface area contributed by atoms with E-state index in [1.807, 2.05) is 18.2 Å². The van der Waals surface area contributed by atoms with Gasteiger partial charge in [0.15, 0.2) is 5.58 Å². The van der Waals surface area contributed by atoms with Gasteiger partial charge >= 0.3 is 0 Å². The van der Waals surface area contributed by atoms with Crippen LogP contribution < -0.4 is 0 Å². The summed E-state index contributed by atoms with van der Waals surface area (Å²) in [5.41, 5.74) is 2.88. The lowest BCUT2D eigenvalue weighted by molar-refractivity contribution is 0.417. The minimum atomic E-state index is 0.0933. The predicted molar refractivity (Wildman–Crippen MR) is 69.0 cm³/mol. The van der Waals surface area contributed by atoms with E-state index in [-0.39, 0.29) is 11.2 Å². The third-order valence-corrected chi connectivity index (χ3v) is 2.60. The van der Waals surface area contributed by atoms with Gasteiger partial charge in [-0.15, -0.1) is 0 Å². The molecule has 1 aromatic heterocycles. The van der Waals surface area contributed by atoms with E-state index in [0.717, 1.165) is 11.1 Å². The number of fused-ring (bicyclic) bond motifs is 1. The van der Waals surface area contributed by atoms with Crippen LogP contribution in [0.4, 0.5) is 0 Å². The van der Waals surface area contributed by atoms with Crippen molar-refractivity contribution in [3.8, 4) is 0 Å². The molecule has 3 nitrogen and oxygen atoms in total. The molecule has 0 saturated carbocycles. The van der Waals surface area contributed by atoms with Gasteiger partial charge in [0.05, 0.1) is 5.76 Å². The molecule has 3 heteroatoms. The van der Waals surface area contributed by atoms with Gasteiger partial charge in [0.2, 0.25) is 5.89 Å². The topological polar surface area (TPSA) is 46.3 Å². The summed E-state index contributed by atoms with van der Waals surface area (Å²) in [5.74, 6) is 0.624. The zero-order valence-corrected chi connectivity index (χ0v) is 10.6. The van der Waals surface area contributed by atoms with Gasteiger partial charge < -0.3 is 9.52 Å². The van der Waals surface area contributed by atoms with Gasteiger partial charge in [-0.25, -0.2) is 4.98 Å². The van der Waals surface area contributed by atoms with Crippen LogP contribution in [0.1, 0.15) is 39.1 Å². The van der Waals surface area contributed by atoms with Gasteiger partial charge in [-0.3, -0.25) is 0 Å². The summed E-state index contributed by atoms with van der Waals surface area (Å²) in [6.45, 7) is 8.07. The lowest BCUT2D eigenvalue weighted by atomic mass is 9.87. The van der Waals surface area contributed by atoms with Crippen LogP contribution in [0.15, 0.2) is 28.4 Å². The van der Waals surface area contributed by atoms with Crippen LogP contribution in [0.3, 0.4) is 0 Å². The highest BCUT2D eigenvalue weighted by atomic mass is 16.3. The molecule has 0 bridgehead atoms. The van der Waals surface area contributed by atoms with Gasteiger partial charge in [0, 0.05) is 6.08 Å². The number of aromatic nitrogens is 1. The lowest BCUT2D eigenvalue weighted by Crippen LogP contribution is -2.10. The molecular weight excluding hydrogens is 214 g/mol. The number of aliphatic hydroxyl groups excluding tert-OH is 1. The third-order valence-electron chi connectivity index (χ3n) is 2.60. The molecule has 0 aliphatic rings. The lowest BCUT2D eigenvalue weighted by Gasteiger charge is -2.18. The molecule has 90 valence electrons. The first kappa shape index (κ1) is 11.7. The summed E-state index contributed by atoms with van der Waals surface area (Å²) in [6, 6.07) is 6.00. The molecule has 0 atom stereocenters. The Labute approximate surface area is 101 Å². The molecule has 0 spiro atoms. The van der Waals surface area contributed by atoms with Crippen molar-refractivity contribution < 1.29 is 9.52 Å². The molecule has 0 unspecified atom stereocenters. The Morgan fingerprint density at radius 3 is 2.65 bits per heavy atom. The smallest absolute Gasteiger partial charge is 0.223 e. The van der Waals surface area contributed by atoms with Crippen molar-refractivity contribution in [1.29, 1.82) is 0 Å². The van der Waals surface area contributed by atoms with E-state index in [1.165, 1.54) is 11.6 Å². The van der Waals surface area contributed by atoms with E-state index in [2.05, 4.69) is 25.8 Å². The van der Waals surface area contributed by atoms with Crippen LogP contribution in [0.5, 0.6) is 0 Å². The second kappa shape index (κ2) is 3.91. The van der Waals surface area contributed by atoms with E-state index in [4.69, 9.17) is 4.42 Å². The summed E-state index contributed by atoms with van der Waals surface area (Å²) in [5, 5.41) is 9.18. The summed E-state index contributed by atoms with van der Waals surface area (Å²) in [4.78, 5) is 4.32. The first-order valence-electron chi connectivity index (χ1n) is 5.64. The van der Waals surface area contributed by atoms with Crippen molar-refractivity contribution in [3.05, 3.63) is 35.4 Å². The highest BCUT2D eigenvalue weighted by molar-refractivity contribution is 5.75. The Balaban J connectivity index is 2.52. The fourth-order valence-electron chi connectivity index (χ4n) is 1.65. The Hall–Kier alpha value is -1.77. The van der Waals surface area contributed by atoms with Gasteiger partial charge in [-0.1, -0.05) is 26.8 Å². The normalized spacial score (nSPS) is 13.3. The number of oxazole rings is 1. The Kier molecular flexibility index (Phi) is 2.69. The monoisotopic (exact) mass is 231 g/mol. The largest absolute Gasteiger partial charge is 0.512 e. The summed E-state index contributed by atoms with van der Waals surface area (Å²) < 4.78 is 5.50. The maximum atomic E-state index is 9.18. The average molecular weight is 231 g/mol. The van der Waals surface area contributed by atoms with Crippen molar-refractivity contribution in [2.24, 2.45) is 0 Å². The van der Waals surface area contributed by atoms with Crippen LogP contribution in [0.2, 0.25) is 0 Å². The van der Waals surface area contributed by atoms with Crippen LogP contribution in [0.25, 0.3) is 17.2 Å². The Morgan fingerprint density at radius 2 is 2.06 bits per heavy atom. The second-order valence-corrected chi connectivity index (χ2v) is 5.27. The second-order valence-electron chi connectivity index (χ2n) is 5.27. The van der Waals surface area contributed by atoms with E-state index < -0.39 is 0 Å². The predicted octanol–water partition coefficient (Wildman–Crippen LogP) is 4.04. The molecule has 17 heavy (non-hydrogen) atoms. The van der Waals surface area contributed by atoms with Crippen molar-refractivity contribution in [3.63, 3.8) is 0 Å². The minimum Gasteiger partial charge on any atom is -0.512 e. The number of hydrogen-bond acceptors (Lipinski definition) is 3. The fraction of sp³-hybridized carbons (Fsp3) is 0.357. The van der Waals surface area contributed by atoms with Gasteiger partial charge in [0.25, 0.3) is 0 Å². The van der Waals surface area contributed by atoms with Crippen molar-refractivity contribution in [2.45, 2.75) is 33.1 Å². The Morgan fingerprint density at radius 1 is 1.35 bits per heavy atom. The van der Waals surface area contributed by atoms with Crippen LogP contribution in [-0.2, 0) is 5.41 Å². The number of rotatable bonds is 1. The average Bonchev–Trinajstić information content (AvgIpc) is 2.55. The zero-order valence-electron chi connectivity index (χ0n) is 10.6. The van der Waals surface area contributed by atoms with Crippen molar-refractivity contribution in [1.82, 2.24) is 4.98 Å². The molecule has 0 aliphatic carbocycles. The molecular formula is C14H17NO2. The van der Waals surface area contributed by atoms with Crippen LogP contribution in [-0.4, -0.2) is 10.1 Å². The first-order chi connectivity index (χ1) is 7.86. The molecule has 2 aromatic rings. The molecule has 0 amide bonds. The number of aliphatic hydroxyl groups is 1. The van der Waals surface area contributed by atoms with Gasteiger partial charge in [0.1, 0.15) is 5.52 Å². The van der Waals surface area contributed by atoms with Crippen molar-refractivity contribution >= 4 is 17.2 Å². The highest BCUT2D eigenvalue weighted by Crippen LogP contribution is 2.26. The van der Waals surface area contributed by atoms with E-state index in [1.54, 1.807) is 6.92 Å². The fourth-order valence-corrected chi connectivity index (χ4v) is 1.65. The maximum absolute atomic E-state index is 9.18. The number of benzene rings is 1. The van der Waals surface area contributed by atoms with Gasteiger partial charge in [-0.2, -0.15) is 0 Å². The Bertz CT molecular complexity index is 569. The van der Waals surface area contributed by atoms with E-state index >= 15 is 0 Å². The zero-order chi connectivity index (χ0) is 12.6. The summed E-state index contributed by atoms with van der Waals surface area (Å²) >= 11 is 0. The molecule has 1 heterocycles. The highest BCUT2D eigenvalue weighted by Gasteiger charge is 2.15. The SMILES string of the molecule is CC(O)=Cc1nc2cc(C(C)(C)C)ccc2o1. The molecule has 2 rings (SSSR count). The summed E-state index contributed by atoms with van der Waals surface area (Å²) in [6.07, 6.45) is 1.51. The quantitative estimate of drug-likeness (QED) is 0.753. The summed E-state index contributed by atoms with van der Waals surface area (Å²) in [7, 11) is 0. The molecule has 0 fully saturated rings. The third kappa shape index (κ3) is 2.49. The van der Waals surface area contributed by atoms with Gasteiger partial charge in [-0.05, 0) is 30.0 Å². The standard InChI is InChI=1S/C14H17NO2/c1-9(16)7-13-15-11-8-10(14(2,3)4)5-6-12(11)17-13/h5-8,16H,1-4H3. The minimum absolute atomic E-state index is 0.0933. The molecule has 0 aliphatic heterocycles. The number of allylic oxidation sites excluding steroid dienone is 1. The van der Waals surface area contributed by atoms with Crippen LogP contribution >= 0.6 is 0 Å². The molecule has 0 radical (unpaired) electrons. The van der Waals surface area contributed by atoms with Crippen molar-refractivity contribution in [2.75, 3.05) is 0 Å².